The zero-order chi connectivity index (χ0) is 17.1. The highest BCUT2D eigenvalue weighted by Gasteiger charge is 2.31. The van der Waals surface area contributed by atoms with Crippen LogP contribution in [0.1, 0.15) is 18.4 Å². The minimum atomic E-state index is -1.13. The number of ether oxygens (including phenoxy) is 1. The van der Waals surface area contributed by atoms with E-state index in [0.717, 1.165) is 16.9 Å². The number of carbonyl (C=O) groups is 2. The van der Waals surface area contributed by atoms with E-state index in [9.17, 15) is 14.7 Å². The van der Waals surface area contributed by atoms with Gasteiger partial charge in [0, 0.05) is 18.1 Å². The molecule has 0 bridgehead atoms. The van der Waals surface area contributed by atoms with Crippen molar-refractivity contribution < 1.29 is 19.4 Å². The second-order valence-electron chi connectivity index (χ2n) is 5.35. The molecule has 2 aliphatic rings. The predicted octanol–water partition coefficient (Wildman–Crippen LogP) is 1.74. The lowest BCUT2D eigenvalue weighted by Crippen LogP contribution is -2.30. The number of benzene rings is 1. The molecular formula is C17H14NO4S2-. The second kappa shape index (κ2) is 7.19. The van der Waals surface area contributed by atoms with Gasteiger partial charge in [-0.1, -0.05) is 42.2 Å². The first-order valence-electron chi connectivity index (χ1n) is 7.42. The number of para-hydroxylation sites is 1. The first-order valence-corrected chi connectivity index (χ1v) is 8.64. The Bertz CT molecular complexity index is 770. The van der Waals surface area contributed by atoms with Gasteiger partial charge in [-0.3, -0.25) is 9.69 Å². The normalized spacial score (nSPS) is 18.4. The molecule has 0 aliphatic carbocycles. The number of rotatable bonds is 5. The van der Waals surface area contributed by atoms with Gasteiger partial charge < -0.3 is 14.6 Å². The maximum Gasteiger partial charge on any atom is 0.266 e. The number of amides is 1. The molecule has 0 N–H and O–H groups in total. The summed E-state index contributed by atoms with van der Waals surface area (Å²) < 4.78 is 6.12. The summed E-state index contributed by atoms with van der Waals surface area (Å²) in [6.45, 7) is 0.681. The molecule has 1 amide bonds. The largest absolute Gasteiger partial charge is 0.550 e. The van der Waals surface area contributed by atoms with Crippen LogP contribution in [0.2, 0.25) is 0 Å². The van der Waals surface area contributed by atoms with Gasteiger partial charge >= 0.3 is 0 Å². The number of thioether (sulfide) groups is 1. The van der Waals surface area contributed by atoms with E-state index in [1.54, 1.807) is 6.08 Å². The van der Waals surface area contributed by atoms with Crippen LogP contribution in [0.5, 0.6) is 5.75 Å². The number of carboxylic acids is 1. The fraction of sp³-hybridized carbons (Fsp3) is 0.235. The first kappa shape index (κ1) is 16.7. The Balaban J connectivity index is 1.73. The first-order chi connectivity index (χ1) is 11.5. The Morgan fingerprint density at radius 2 is 2.21 bits per heavy atom. The lowest BCUT2D eigenvalue weighted by molar-refractivity contribution is -0.305. The summed E-state index contributed by atoms with van der Waals surface area (Å²) in [5.74, 6) is -0.494. The molecule has 24 heavy (non-hydrogen) atoms. The van der Waals surface area contributed by atoms with Crippen molar-refractivity contribution in [2.45, 2.75) is 12.8 Å². The lowest BCUT2D eigenvalue weighted by Gasteiger charge is -2.16. The van der Waals surface area contributed by atoms with Gasteiger partial charge in [0.1, 0.15) is 16.7 Å². The van der Waals surface area contributed by atoms with Gasteiger partial charge in [-0.05, 0) is 36.6 Å². The van der Waals surface area contributed by atoms with Crippen LogP contribution in [0.4, 0.5) is 0 Å². The van der Waals surface area contributed by atoms with Crippen LogP contribution in [0.15, 0.2) is 40.8 Å². The molecule has 0 unspecified atom stereocenters. The maximum atomic E-state index is 12.4. The van der Waals surface area contributed by atoms with E-state index >= 15 is 0 Å². The molecule has 1 fully saturated rings. The molecule has 1 saturated heterocycles. The third-order valence-electron chi connectivity index (χ3n) is 3.61. The Morgan fingerprint density at radius 3 is 3.00 bits per heavy atom. The van der Waals surface area contributed by atoms with E-state index in [4.69, 9.17) is 17.0 Å². The summed E-state index contributed by atoms with van der Waals surface area (Å²) in [5.41, 5.74) is 1.86. The highest BCUT2D eigenvalue weighted by atomic mass is 32.2. The van der Waals surface area contributed by atoms with Gasteiger partial charge in [0.2, 0.25) is 0 Å². The van der Waals surface area contributed by atoms with E-state index in [1.807, 2.05) is 30.3 Å². The van der Waals surface area contributed by atoms with Crippen molar-refractivity contribution in [3.63, 3.8) is 0 Å². The van der Waals surface area contributed by atoms with Crippen LogP contribution < -0.4 is 9.84 Å². The number of nitrogens with zero attached hydrogens (tertiary/aromatic N) is 1. The van der Waals surface area contributed by atoms with E-state index in [0.29, 0.717) is 22.3 Å². The van der Waals surface area contributed by atoms with Crippen molar-refractivity contribution >= 4 is 46.3 Å². The monoisotopic (exact) mass is 360 g/mol. The van der Waals surface area contributed by atoms with Crippen LogP contribution in [0, 0.1) is 0 Å². The molecule has 7 heteroatoms. The maximum absolute atomic E-state index is 12.4. The van der Waals surface area contributed by atoms with Gasteiger partial charge in [-0.25, -0.2) is 0 Å². The van der Waals surface area contributed by atoms with E-state index in [2.05, 4.69) is 0 Å². The molecule has 0 radical (unpaired) electrons. The number of hydrogen-bond donors (Lipinski definition) is 0. The average molecular weight is 360 g/mol. The SMILES string of the molecule is O=C([O-])CCCN1C(=O)/C(=C/C2=Cc3ccccc3OC2)SC1=S. The summed E-state index contributed by atoms with van der Waals surface area (Å²) >= 11 is 6.44. The lowest BCUT2D eigenvalue weighted by atomic mass is 10.1. The Hall–Kier alpha value is -2.12. The molecular weight excluding hydrogens is 346 g/mol. The van der Waals surface area contributed by atoms with Gasteiger partial charge in [-0.2, -0.15) is 0 Å². The molecule has 1 aromatic carbocycles. The van der Waals surface area contributed by atoms with Crippen molar-refractivity contribution in [3.05, 3.63) is 46.4 Å². The summed E-state index contributed by atoms with van der Waals surface area (Å²) in [6.07, 6.45) is 4.00. The summed E-state index contributed by atoms with van der Waals surface area (Å²) in [7, 11) is 0. The molecule has 0 saturated carbocycles. The molecule has 0 spiro atoms. The molecule has 1 aromatic rings. The molecule has 5 nitrogen and oxygen atoms in total. The minimum absolute atomic E-state index is 0.0914. The number of carbonyl (C=O) groups excluding carboxylic acids is 2. The van der Waals surface area contributed by atoms with Gasteiger partial charge in [-0.15, -0.1) is 0 Å². The molecule has 3 rings (SSSR count). The van der Waals surface area contributed by atoms with Crippen molar-refractivity contribution in [3.8, 4) is 5.75 Å². The third-order valence-corrected chi connectivity index (χ3v) is 4.98. The van der Waals surface area contributed by atoms with Crippen molar-refractivity contribution in [1.82, 2.24) is 4.90 Å². The van der Waals surface area contributed by atoms with Crippen molar-refractivity contribution in [2.24, 2.45) is 0 Å². The van der Waals surface area contributed by atoms with E-state index in [1.165, 1.54) is 16.7 Å². The molecule has 124 valence electrons. The number of thiocarbonyl (C=S) groups is 1. The van der Waals surface area contributed by atoms with Gasteiger partial charge in [0.25, 0.3) is 5.91 Å². The van der Waals surface area contributed by atoms with Gasteiger partial charge in [0.05, 0.1) is 4.91 Å². The van der Waals surface area contributed by atoms with Crippen LogP contribution in [0.3, 0.4) is 0 Å². The van der Waals surface area contributed by atoms with Crippen LogP contribution in [-0.4, -0.2) is 34.2 Å². The summed E-state index contributed by atoms with van der Waals surface area (Å²) in [4.78, 5) is 24.9. The molecule has 0 aromatic heterocycles. The van der Waals surface area contributed by atoms with Crippen LogP contribution in [0.25, 0.3) is 6.08 Å². The Labute approximate surface area is 149 Å². The van der Waals surface area contributed by atoms with E-state index in [-0.39, 0.29) is 18.9 Å². The standard InChI is InChI=1S/C17H15NO4S2/c19-15(20)6-3-7-18-16(21)14(24-17(18)23)9-11-8-12-4-1-2-5-13(12)22-10-11/h1-2,4-5,8-9H,3,6-7,10H2,(H,19,20)/p-1/b14-9-. The highest BCUT2D eigenvalue weighted by molar-refractivity contribution is 8.26. The topological polar surface area (TPSA) is 69.7 Å². The van der Waals surface area contributed by atoms with Crippen LogP contribution in [-0.2, 0) is 9.59 Å². The summed E-state index contributed by atoms with van der Waals surface area (Å²) in [5, 5.41) is 10.5. The average Bonchev–Trinajstić information content (AvgIpc) is 2.82. The third kappa shape index (κ3) is 3.68. The van der Waals surface area contributed by atoms with Gasteiger partial charge in [0.15, 0.2) is 0 Å². The Kier molecular flexibility index (Phi) is 5.01. The zero-order valence-corrected chi connectivity index (χ0v) is 14.3. The number of carboxylic acid groups (broad SMARTS) is 1. The second-order valence-corrected chi connectivity index (χ2v) is 7.03. The fourth-order valence-electron chi connectivity index (χ4n) is 2.46. The van der Waals surface area contributed by atoms with Crippen LogP contribution >= 0.6 is 24.0 Å². The van der Waals surface area contributed by atoms with Crippen molar-refractivity contribution in [2.75, 3.05) is 13.2 Å². The smallest absolute Gasteiger partial charge is 0.266 e. The van der Waals surface area contributed by atoms with E-state index < -0.39 is 5.97 Å². The predicted molar refractivity (Wildman–Crippen MR) is 94.1 cm³/mol. The number of aliphatic carboxylic acids is 1. The highest BCUT2D eigenvalue weighted by Crippen LogP contribution is 2.34. The summed E-state index contributed by atoms with van der Waals surface area (Å²) in [6, 6.07) is 7.70. The number of hydrogen-bond acceptors (Lipinski definition) is 6. The Morgan fingerprint density at radius 1 is 1.42 bits per heavy atom. The number of fused-ring (bicyclic) bond motifs is 1. The molecule has 2 heterocycles. The zero-order valence-electron chi connectivity index (χ0n) is 12.7. The molecule has 0 atom stereocenters. The molecule has 2 aliphatic heterocycles. The quantitative estimate of drug-likeness (QED) is 0.588. The fourth-order valence-corrected chi connectivity index (χ4v) is 3.78. The van der Waals surface area contributed by atoms with Crippen molar-refractivity contribution in [1.29, 1.82) is 0 Å². The minimum Gasteiger partial charge on any atom is -0.550 e.